The Morgan fingerprint density at radius 3 is 2.57 bits per heavy atom. The molecule has 11 heteroatoms. The van der Waals surface area contributed by atoms with Crippen molar-refractivity contribution in [3.05, 3.63) is 58.9 Å². The van der Waals surface area contributed by atoms with Crippen molar-refractivity contribution in [1.29, 1.82) is 0 Å². The van der Waals surface area contributed by atoms with Crippen molar-refractivity contribution in [2.75, 3.05) is 5.32 Å². The average Bonchev–Trinajstić information content (AvgIpc) is 3.05. The number of hydrogen-bond donors (Lipinski definition) is 3. The maximum absolute atomic E-state index is 13.2. The second-order valence-electron chi connectivity index (χ2n) is 9.07. The number of aromatic nitrogens is 1. The Labute approximate surface area is 200 Å². The molecule has 11 nitrogen and oxygen atoms in total. The van der Waals surface area contributed by atoms with Crippen LogP contribution in [0.1, 0.15) is 63.5 Å². The molecule has 6 amide bonds. The molecule has 0 aliphatic carbocycles. The van der Waals surface area contributed by atoms with Gasteiger partial charge in [-0.2, -0.15) is 0 Å². The quantitative estimate of drug-likeness (QED) is 0.517. The summed E-state index contributed by atoms with van der Waals surface area (Å²) >= 11 is 0. The van der Waals surface area contributed by atoms with Crippen LogP contribution in [0, 0.1) is 5.41 Å². The molecule has 0 saturated carbocycles. The summed E-state index contributed by atoms with van der Waals surface area (Å²) in [5.74, 6) is -3.76. The van der Waals surface area contributed by atoms with Gasteiger partial charge in [0.25, 0.3) is 17.7 Å². The van der Waals surface area contributed by atoms with E-state index in [1.165, 1.54) is 24.4 Å². The van der Waals surface area contributed by atoms with Gasteiger partial charge in [0.1, 0.15) is 11.7 Å². The highest BCUT2D eigenvalue weighted by Crippen LogP contribution is 2.34. The van der Waals surface area contributed by atoms with E-state index in [-0.39, 0.29) is 41.8 Å². The average molecular weight is 477 g/mol. The van der Waals surface area contributed by atoms with Gasteiger partial charge in [-0.25, -0.2) is 0 Å². The number of piperidine rings is 1. The Kier molecular flexibility index (Phi) is 5.93. The summed E-state index contributed by atoms with van der Waals surface area (Å²) in [6.07, 6.45) is 1.59. The fourth-order valence-corrected chi connectivity index (χ4v) is 4.27. The van der Waals surface area contributed by atoms with E-state index in [0.29, 0.717) is 5.56 Å². The molecule has 1 aromatic heterocycles. The Morgan fingerprint density at radius 1 is 1.14 bits per heavy atom. The van der Waals surface area contributed by atoms with Gasteiger partial charge in [0.2, 0.25) is 17.7 Å². The van der Waals surface area contributed by atoms with Crippen molar-refractivity contribution in [2.24, 2.45) is 11.1 Å². The summed E-state index contributed by atoms with van der Waals surface area (Å²) in [6.45, 7) is 3.32. The predicted molar refractivity (Wildman–Crippen MR) is 122 cm³/mol. The van der Waals surface area contributed by atoms with Crippen LogP contribution in [0.4, 0.5) is 5.69 Å². The first-order valence-electron chi connectivity index (χ1n) is 10.9. The fraction of sp³-hybridized carbons (Fsp3) is 0.292. The Morgan fingerprint density at radius 2 is 1.89 bits per heavy atom. The van der Waals surface area contributed by atoms with Crippen LogP contribution in [0.3, 0.4) is 0 Å². The molecule has 1 fully saturated rings. The Hall–Kier alpha value is -4.41. The molecule has 0 bridgehead atoms. The number of carbonyl (C=O) groups excluding carboxylic acids is 6. The van der Waals surface area contributed by atoms with Gasteiger partial charge >= 0.3 is 0 Å². The monoisotopic (exact) mass is 477 g/mol. The number of anilines is 1. The summed E-state index contributed by atoms with van der Waals surface area (Å²) in [7, 11) is 0. The lowest BCUT2D eigenvalue weighted by atomic mass is 9.84. The number of amides is 6. The van der Waals surface area contributed by atoms with Crippen LogP contribution in [-0.4, -0.2) is 51.4 Å². The second kappa shape index (κ2) is 8.75. The van der Waals surface area contributed by atoms with Crippen LogP contribution in [-0.2, 0) is 20.8 Å². The summed E-state index contributed by atoms with van der Waals surface area (Å²) < 4.78 is 0. The number of nitrogens with two attached hydrogens (primary N) is 1. The lowest BCUT2D eigenvalue weighted by Crippen LogP contribution is -2.54. The van der Waals surface area contributed by atoms with Crippen molar-refractivity contribution in [3.63, 3.8) is 0 Å². The Balaban J connectivity index is 1.59. The molecule has 4 N–H and O–H groups in total. The van der Waals surface area contributed by atoms with Gasteiger partial charge in [0, 0.05) is 18.0 Å². The first-order valence-corrected chi connectivity index (χ1v) is 10.9. The zero-order chi connectivity index (χ0) is 25.5. The summed E-state index contributed by atoms with van der Waals surface area (Å²) in [5, 5.41) is 4.86. The largest absolute Gasteiger partial charge is 0.364 e. The highest BCUT2D eigenvalue weighted by molar-refractivity contribution is 6.26. The number of fused-ring (bicyclic) bond motifs is 1. The Bertz CT molecular complexity index is 1300. The molecule has 1 atom stereocenters. The second-order valence-corrected chi connectivity index (χ2v) is 9.07. The molecule has 4 rings (SSSR count). The summed E-state index contributed by atoms with van der Waals surface area (Å²) in [5.41, 5.74) is 5.05. The molecular formula is C24H23N5O6. The molecule has 3 heterocycles. The number of nitrogens with one attached hydrogen (secondary N) is 2. The molecule has 0 spiro atoms. The number of hydrogen-bond acceptors (Lipinski definition) is 7. The molecular weight excluding hydrogens is 454 g/mol. The minimum atomic E-state index is -1.11. The highest BCUT2D eigenvalue weighted by atomic mass is 16.2. The number of carbonyl (C=O) groups is 6. The van der Waals surface area contributed by atoms with Gasteiger partial charge in [-0.3, -0.25) is 44.0 Å². The zero-order valence-electron chi connectivity index (χ0n) is 19.1. The smallest absolute Gasteiger partial charge is 0.267 e. The predicted octanol–water partition coefficient (Wildman–Crippen LogP) is 0.789. The van der Waals surface area contributed by atoms with Gasteiger partial charge < -0.3 is 11.1 Å². The van der Waals surface area contributed by atoms with Crippen LogP contribution in [0.15, 0.2) is 36.5 Å². The standard InChI is InChI=1S/C24H23N5O6/c1-24(2,11-12-5-4-10-26-18(12)19(25)31)23(35)27-14-7-3-6-13-17(14)22(34)29(21(13)33)15-8-9-16(30)28-20(15)32/h3-7,10,15H,8-9,11H2,1-2H3,(H2,25,31)(H,27,35)(H,28,30,32). The number of imide groups is 2. The third kappa shape index (κ3) is 4.27. The van der Waals surface area contributed by atoms with Crippen molar-refractivity contribution < 1.29 is 28.8 Å². The normalized spacial score (nSPS) is 17.8. The molecule has 2 aliphatic rings. The third-order valence-electron chi connectivity index (χ3n) is 6.09. The van der Waals surface area contributed by atoms with Crippen LogP contribution in [0.5, 0.6) is 0 Å². The SMILES string of the molecule is CC(C)(Cc1cccnc1C(N)=O)C(=O)Nc1cccc2c1C(=O)N(C1CCC(=O)NC1=O)C2=O. The van der Waals surface area contributed by atoms with Crippen molar-refractivity contribution >= 4 is 41.1 Å². The highest BCUT2D eigenvalue weighted by Gasteiger charge is 2.46. The maximum Gasteiger partial charge on any atom is 0.267 e. The van der Waals surface area contributed by atoms with Gasteiger partial charge in [0.05, 0.1) is 16.8 Å². The van der Waals surface area contributed by atoms with E-state index in [1.54, 1.807) is 26.0 Å². The number of nitrogens with zero attached hydrogens (tertiary/aromatic N) is 2. The number of rotatable bonds is 6. The number of benzene rings is 1. The van der Waals surface area contributed by atoms with Crippen LogP contribution in [0.25, 0.3) is 0 Å². The molecule has 2 aliphatic heterocycles. The van der Waals surface area contributed by atoms with Gasteiger partial charge in [-0.05, 0) is 36.6 Å². The lowest BCUT2D eigenvalue weighted by molar-refractivity contribution is -0.136. The van der Waals surface area contributed by atoms with Crippen molar-refractivity contribution in [3.8, 4) is 0 Å². The first kappa shape index (κ1) is 23.7. The van der Waals surface area contributed by atoms with E-state index < -0.39 is 46.9 Å². The van der Waals surface area contributed by atoms with Crippen LogP contribution >= 0.6 is 0 Å². The molecule has 1 aromatic carbocycles. The minimum Gasteiger partial charge on any atom is -0.364 e. The maximum atomic E-state index is 13.2. The van der Waals surface area contributed by atoms with E-state index in [0.717, 1.165) is 4.90 Å². The molecule has 0 radical (unpaired) electrons. The first-order chi connectivity index (χ1) is 16.5. The summed E-state index contributed by atoms with van der Waals surface area (Å²) in [6, 6.07) is 6.63. The van der Waals surface area contributed by atoms with Crippen LogP contribution < -0.4 is 16.4 Å². The van der Waals surface area contributed by atoms with E-state index in [1.807, 2.05) is 0 Å². The van der Waals surface area contributed by atoms with Gasteiger partial charge in [-0.15, -0.1) is 0 Å². The van der Waals surface area contributed by atoms with E-state index >= 15 is 0 Å². The van der Waals surface area contributed by atoms with E-state index in [9.17, 15) is 28.8 Å². The zero-order valence-corrected chi connectivity index (χ0v) is 19.1. The number of primary amides is 1. The van der Waals surface area contributed by atoms with Crippen LogP contribution in [0.2, 0.25) is 0 Å². The van der Waals surface area contributed by atoms with Crippen molar-refractivity contribution in [1.82, 2.24) is 15.2 Å². The molecule has 1 unspecified atom stereocenters. The van der Waals surface area contributed by atoms with E-state index in [2.05, 4.69) is 15.6 Å². The molecule has 35 heavy (non-hydrogen) atoms. The molecule has 1 saturated heterocycles. The topological polar surface area (TPSA) is 169 Å². The fourth-order valence-electron chi connectivity index (χ4n) is 4.27. The van der Waals surface area contributed by atoms with E-state index in [4.69, 9.17) is 5.73 Å². The van der Waals surface area contributed by atoms with Crippen molar-refractivity contribution in [2.45, 2.75) is 39.2 Å². The molecule has 180 valence electrons. The summed E-state index contributed by atoms with van der Waals surface area (Å²) in [4.78, 5) is 79.7. The lowest BCUT2D eigenvalue weighted by Gasteiger charge is -2.28. The minimum absolute atomic E-state index is 0.00320. The molecule has 2 aromatic rings. The number of pyridine rings is 1. The third-order valence-corrected chi connectivity index (χ3v) is 6.09. The van der Waals surface area contributed by atoms with Gasteiger partial charge in [0.15, 0.2) is 0 Å². The van der Waals surface area contributed by atoms with Gasteiger partial charge in [-0.1, -0.05) is 26.0 Å².